The standard InChI is InChI=1S/C20H19ClN4O4/c1-12-3-2-4-17-23-15(9-18(26)25(12)17)11-29-19(27)10-16(24-20(22)28)13-5-7-14(21)8-6-13/h2-9,16H,10-11H2,1H3,(H3,22,24,28)/t16-/m0/s1. The molecule has 0 aliphatic carbocycles. The van der Waals surface area contributed by atoms with E-state index < -0.39 is 18.0 Å². The first kappa shape index (κ1) is 20.3. The Labute approximate surface area is 171 Å². The maximum Gasteiger partial charge on any atom is 0.312 e. The van der Waals surface area contributed by atoms with Crippen LogP contribution in [0.3, 0.4) is 0 Å². The van der Waals surface area contributed by atoms with Gasteiger partial charge in [-0.15, -0.1) is 0 Å². The second-order valence-electron chi connectivity index (χ2n) is 6.42. The molecule has 1 aromatic carbocycles. The van der Waals surface area contributed by atoms with Crippen molar-refractivity contribution < 1.29 is 14.3 Å². The van der Waals surface area contributed by atoms with Crippen LogP contribution >= 0.6 is 11.6 Å². The van der Waals surface area contributed by atoms with E-state index in [2.05, 4.69) is 10.3 Å². The Bertz CT molecular complexity index is 1110. The van der Waals surface area contributed by atoms with Gasteiger partial charge in [-0.1, -0.05) is 29.8 Å². The minimum absolute atomic E-state index is 0.143. The Morgan fingerprint density at radius 2 is 1.97 bits per heavy atom. The Balaban J connectivity index is 1.70. The molecule has 0 unspecified atom stereocenters. The molecule has 1 atom stereocenters. The summed E-state index contributed by atoms with van der Waals surface area (Å²) in [5, 5.41) is 3.04. The van der Waals surface area contributed by atoms with Crippen molar-refractivity contribution in [1.29, 1.82) is 0 Å². The fourth-order valence-corrected chi connectivity index (χ4v) is 3.06. The number of carbonyl (C=O) groups excluding carboxylic acids is 2. The molecule has 0 bridgehead atoms. The normalized spacial score (nSPS) is 11.8. The third kappa shape index (κ3) is 5.11. The summed E-state index contributed by atoms with van der Waals surface area (Å²) in [4.78, 5) is 40.2. The van der Waals surface area contributed by atoms with Crippen molar-refractivity contribution in [3.63, 3.8) is 0 Å². The van der Waals surface area contributed by atoms with Gasteiger partial charge in [-0.2, -0.15) is 0 Å². The summed E-state index contributed by atoms with van der Waals surface area (Å²) in [7, 11) is 0. The molecule has 8 nitrogen and oxygen atoms in total. The summed E-state index contributed by atoms with van der Waals surface area (Å²) in [6.45, 7) is 1.64. The average molecular weight is 415 g/mol. The zero-order valence-electron chi connectivity index (χ0n) is 15.6. The molecular formula is C20H19ClN4O4. The Morgan fingerprint density at radius 1 is 1.24 bits per heavy atom. The number of aryl methyl sites for hydroxylation is 1. The first-order valence-corrected chi connectivity index (χ1v) is 9.16. The number of carbonyl (C=O) groups is 2. The molecule has 9 heteroatoms. The Hall–Kier alpha value is -3.39. The second-order valence-corrected chi connectivity index (χ2v) is 6.86. The fourth-order valence-electron chi connectivity index (χ4n) is 2.94. The van der Waals surface area contributed by atoms with E-state index in [1.165, 1.54) is 10.5 Å². The van der Waals surface area contributed by atoms with Gasteiger partial charge in [0.15, 0.2) is 0 Å². The summed E-state index contributed by atoms with van der Waals surface area (Å²) in [5.74, 6) is -0.579. The van der Waals surface area contributed by atoms with Crippen LogP contribution in [0.5, 0.6) is 0 Å². The predicted molar refractivity (Wildman–Crippen MR) is 108 cm³/mol. The number of primary amides is 1. The van der Waals surface area contributed by atoms with Crippen LogP contribution in [0.2, 0.25) is 5.02 Å². The number of aromatic nitrogens is 2. The third-order valence-corrected chi connectivity index (χ3v) is 4.53. The third-order valence-electron chi connectivity index (χ3n) is 4.27. The van der Waals surface area contributed by atoms with E-state index in [-0.39, 0.29) is 18.6 Å². The molecule has 150 valence electrons. The van der Waals surface area contributed by atoms with Crippen LogP contribution in [0.25, 0.3) is 5.65 Å². The average Bonchev–Trinajstić information content (AvgIpc) is 2.66. The van der Waals surface area contributed by atoms with E-state index in [0.717, 1.165) is 5.69 Å². The van der Waals surface area contributed by atoms with Gasteiger partial charge in [-0.3, -0.25) is 14.0 Å². The molecule has 29 heavy (non-hydrogen) atoms. The summed E-state index contributed by atoms with van der Waals surface area (Å²) in [6, 6.07) is 11.8. The number of esters is 1. The van der Waals surface area contributed by atoms with Gasteiger partial charge in [0.05, 0.1) is 18.2 Å². The summed E-state index contributed by atoms with van der Waals surface area (Å²) in [6.07, 6.45) is -0.143. The minimum Gasteiger partial charge on any atom is -0.459 e. The lowest BCUT2D eigenvalue weighted by Gasteiger charge is -2.17. The lowest BCUT2D eigenvalue weighted by Crippen LogP contribution is -2.34. The number of pyridine rings is 1. The van der Waals surface area contributed by atoms with Crippen LogP contribution in [0.1, 0.15) is 29.4 Å². The number of ether oxygens (including phenoxy) is 1. The highest BCUT2D eigenvalue weighted by molar-refractivity contribution is 6.30. The number of hydrogen-bond donors (Lipinski definition) is 2. The first-order chi connectivity index (χ1) is 13.8. The SMILES string of the molecule is Cc1cccc2nc(COC(=O)C[C@H](NC(N)=O)c3ccc(Cl)cc3)cc(=O)n12. The van der Waals surface area contributed by atoms with Gasteiger partial charge >= 0.3 is 12.0 Å². The van der Waals surface area contributed by atoms with Crippen molar-refractivity contribution in [3.05, 3.63) is 80.9 Å². The fraction of sp³-hybridized carbons (Fsp3) is 0.200. The number of rotatable bonds is 6. The number of fused-ring (bicyclic) bond motifs is 1. The number of benzene rings is 1. The maximum absolute atomic E-state index is 12.3. The molecule has 0 spiro atoms. The molecule has 0 aliphatic heterocycles. The Morgan fingerprint density at radius 3 is 2.66 bits per heavy atom. The zero-order chi connectivity index (χ0) is 21.0. The van der Waals surface area contributed by atoms with Crippen LogP contribution in [0, 0.1) is 6.92 Å². The molecule has 0 saturated heterocycles. The summed E-state index contributed by atoms with van der Waals surface area (Å²) < 4.78 is 6.72. The number of nitrogens with zero attached hydrogens (tertiary/aromatic N) is 2. The van der Waals surface area contributed by atoms with Crippen LogP contribution in [0.15, 0.2) is 53.3 Å². The molecule has 3 rings (SSSR count). The van der Waals surface area contributed by atoms with Crippen molar-refractivity contribution in [2.75, 3.05) is 0 Å². The highest BCUT2D eigenvalue weighted by Gasteiger charge is 2.19. The molecule has 3 N–H and O–H groups in total. The molecule has 0 fully saturated rings. The predicted octanol–water partition coefficient (Wildman–Crippen LogP) is 2.50. The molecule has 3 aromatic rings. The number of nitrogens with two attached hydrogens (primary N) is 1. The van der Waals surface area contributed by atoms with Gasteiger partial charge in [-0.25, -0.2) is 9.78 Å². The van der Waals surface area contributed by atoms with Crippen LogP contribution in [-0.2, 0) is 16.1 Å². The summed E-state index contributed by atoms with van der Waals surface area (Å²) in [5.41, 5.74) is 7.17. The largest absolute Gasteiger partial charge is 0.459 e. The van der Waals surface area contributed by atoms with Crippen molar-refractivity contribution in [2.45, 2.75) is 26.0 Å². The van der Waals surface area contributed by atoms with Crippen molar-refractivity contribution in [1.82, 2.24) is 14.7 Å². The smallest absolute Gasteiger partial charge is 0.312 e. The molecule has 2 aromatic heterocycles. The molecular weight excluding hydrogens is 396 g/mol. The van der Waals surface area contributed by atoms with Gasteiger partial charge < -0.3 is 15.8 Å². The molecule has 2 heterocycles. The van der Waals surface area contributed by atoms with Crippen molar-refractivity contribution in [3.8, 4) is 0 Å². The molecule has 0 radical (unpaired) electrons. The maximum atomic E-state index is 12.3. The number of amides is 2. The number of nitrogens with one attached hydrogen (secondary N) is 1. The Kier molecular flexibility index (Phi) is 6.13. The summed E-state index contributed by atoms with van der Waals surface area (Å²) >= 11 is 5.87. The van der Waals surface area contributed by atoms with Crippen LogP contribution in [0.4, 0.5) is 4.79 Å². The van der Waals surface area contributed by atoms with Crippen LogP contribution < -0.4 is 16.6 Å². The zero-order valence-corrected chi connectivity index (χ0v) is 16.3. The molecule has 2 amide bonds. The van der Waals surface area contributed by atoms with E-state index in [9.17, 15) is 14.4 Å². The van der Waals surface area contributed by atoms with Crippen LogP contribution in [-0.4, -0.2) is 21.4 Å². The molecule has 0 saturated carbocycles. The van der Waals surface area contributed by atoms with E-state index >= 15 is 0 Å². The van der Waals surface area contributed by atoms with E-state index in [0.29, 0.717) is 21.9 Å². The topological polar surface area (TPSA) is 116 Å². The van der Waals surface area contributed by atoms with E-state index in [1.54, 1.807) is 49.4 Å². The minimum atomic E-state index is -0.766. The van der Waals surface area contributed by atoms with Gasteiger partial charge in [0.1, 0.15) is 12.3 Å². The highest BCUT2D eigenvalue weighted by Crippen LogP contribution is 2.20. The van der Waals surface area contributed by atoms with Crippen molar-refractivity contribution >= 4 is 29.2 Å². The quantitative estimate of drug-likeness (QED) is 0.601. The van der Waals surface area contributed by atoms with Crippen molar-refractivity contribution in [2.24, 2.45) is 5.73 Å². The number of urea groups is 1. The van der Waals surface area contributed by atoms with Gasteiger partial charge in [-0.05, 0) is 36.8 Å². The van der Waals surface area contributed by atoms with Gasteiger partial charge in [0.2, 0.25) is 0 Å². The number of hydrogen-bond acceptors (Lipinski definition) is 5. The number of halogens is 1. The van der Waals surface area contributed by atoms with E-state index in [4.69, 9.17) is 22.1 Å². The van der Waals surface area contributed by atoms with Gasteiger partial charge in [0.25, 0.3) is 5.56 Å². The van der Waals surface area contributed by atoms with E-state index in [1.807, 2.05) is 0 Å². The first-order valence-electron chi connectivity index (χ1n) is 8.79. The lowest BCUT2D eigenvalue weighted by atomic mass is 10.0. The molecule has 0 aliphatic rings. The second kappa shape index (κ2) is 8.74. The van der Waals surface area contributed by atoms with Gasteiger partial charge in [0, 0.05) is 16.8 Å². The monoisotopic (exact) mass is 414 g/mol. The highest BCUT2D eigenvalue weighted by atomic mass is 35.5. The lowest BCUT2D eigenvalue weighted by molar-refractivity contribution is -0.145.